The lowest BCUT2D eigenvalue weighted by Crippen LogP contribution is -2.16. The molecule has 3 nitrogen and oxygen atoms in total. The minimum Gasteiger partial charge on any atom is -0.481 e. The molecule has 0 aromatic carbocycles. The lowest BCUT2D eigenvalue weighted by Gasteiger charge is -2.15. The Labute approximate surface area is 105 Å². The number of methoxy groups -OCH3 is 1. The van der Waals surface area contributed by atoms with Gasteiger partial charge in [-0.05, 0) is 25.3 Å². The zero-order valence-corrected chi connectivity index (χ0v) is 11.4. The molecular formula is C14H24N2O. The average molecular weight is 236 g/mol. The summed E-state index contributed by atoms with van der Waals surface area (Å²) in [7, 11) is 1.64. The molecule has 1 unspecified atom stereocenters. The van der Waals surface area contributed by atoms with E-state index in [-0.39, 0.29) is 0 Å². The van der Waals surface area contributed by atoms with Crippen LogP contribution in [0.3, 0.4) is 0 Å². The molecular weight excluding hydrogens is 212 g/mol. The fourth-order valence-electron chi connectivity index (χ4n) is 1.77. The fourth-order valence-corrected chi connectivity index (χ4v) is 1.77. The number of pyridine rings is 1. The second-order valence-corrected chi connectivity index (χ2v) is 4.94. The highest BCUT2D eigenvalue weighted by atomic mass is 16.5. The van der Waals surface area contributed by atoms with Gasteiger partial charge in [0.2, 0.25) is 5.88 Å². The first-order chi connectivity index (χ1) is 8.11. The van der Waals surface area contributed by atoms with E-state index in [0.717, 1.165) is 11.7 Å². The molecule has 0 bridgehead atoms. The van der Waals surface area contributed by atoms with Crippen LogP contribution in [0.4, 0.5) is 5.82 Å². The summed E-state index contributed by atoms with van der Waals surface area (Å²) in [4.78, 5) is 4.34. The summed E-state index contributed by atoms with van der Waals surface area (Å²) in [5.74, 6) is 2.34. The molecule has 96 valence electrons. The maximum Gasteiger partial charge on any atom is 0.214 e. The molecule has 1 N–H and O–H groups in total. The van der Waals surface area contributed by atoms with Gasteiger partial charge in [0.25, 0.3) is 0 Å². The van der Waals surface area contributed by atoms with E-state index < -0.39 is 0 Å². The van der Waals surface area contributed by atoms with Crippen molar-refractivity contribution in [2.24, 2.45) is 5.92 Å². The van der Waals surface area contributed by atoms with Gasteiger partial charge in [-0.3, -0.25) is 0 Å². The minimum absolute atomic E-state index is 0.452. The van der Waals surface area contributed by atoms with Gasteiger partial charge in [-0.1, -0.05) is 32.8 Å². The maximum absolute atomic E-state index is 5.10. The number of hydrogen-bond acceptors (Lipinski definition) is 3. The van der Waals surface area contributed by atoms with Crippen LogP contribution in [-0.2, 0) is 0 Å². The Morgan fingerprint density at radius 2 is 2.00 bits per heavy atom. The predicted octanol–water partition coefficient (Wildman–Crippen LogP) is 3.72. The number of nitrogens with zero attached hydrogens (tertiary/aromatic N) is 1. The molecule has 0 radical (unpaired) electrons. The zero-order chi connectivity index (χ0) is 12.7. The van der Waals surface area contributed by atoms with Crippen LogP contribution in [0.5, 0.6) is 5.88 Å². The molecule has 1 rings (SSSR count). The van der Waals surface area contributed by atoms with Crippen molar-refractivity contribution in [1.82, 2.24) is 4.98 Å². The largest absolute Gasteiger partial charge is 0.481 e. The Kier molecular flexibility index (Phi) is 5.81. The van der Waals surface area contributed by atoms with Crippen LogP contribution in [0.15, 0.2) is 18.2 Å². The van der Waals surface area contributed by atoms with Crippen molar-refractivity contribution in [1.29, 1.82) is 0 Å². The van der Waals surface area contributed by atoms with E-state index in [1.54, 1.807) is 7.11 Å². The molecule has 0 aliphatic carbocycles. The Balaban J connectivity index is 2.36. The molecule has 1 aromatic rings. The van der Waals surface area contributed by atoms with E-state index in [1.165, 1.54) is 19.3 Å². The zero-order valence-electron chi connectivity index (χ0n) is 11.4. The van der Waals surface area contributed by atoms with Crippen molar-refractivity contribution in [3.8, 4) is 5.88 Å². The highest BCUT2D eigenvalue weighted by Crippen LogP contribution is 2.14. The van der Waals surface area contributed by atoms with Crippen molar-refractivity contribution < 1.29 is 4.74 Å². The predicted molar refractivity (Wildman–Crippen MR) is 72.6 cm³/mol. The number of anilines is 1. The van der Waals surface area contributed by atoms with Gasteiger partial charge in [0.05, 0.1) is 7.11 Å². The first-order valence-electron chi connectivity index (χ1n) is 6.39. The summed E-state index contributed by atoms with van der Waals surface area (Å²) in [6.45, 7) is 6.73. The van der Waals surface area contributed by atoms with Gasteiger partial charge in [-0.25, -0.2) is 0 Å². The van der Waals surface area contributed by atoms with Crippen LogP contribution in [0, 0.1) is 5.92 Å². The first-order valence-corrected chi connectivity index (χ1v) is 6.39. The molecule has 17 heavy (non-hydrogen) atoms. The Morgan fingerprint density at radius 3 is 2.65 bits per heavy atom. The normalized spacial score (nSPS) is 12.5. The van der Waals surface area contributed by atoms with Crippen LogP contribution < -0.4 is 10.1 Å². The van der Waals surface area contributed by atoms with E-state index in [2.05, 4.69) is 31.1 Å². The second-order valence-electron chi connectivity index (χ2n) is 4.94. The van der Waals surface area contributed by atoms with Crippen LogP contribution >= 0.6 is 0 Å². The quantitative estimate of drug-likeness (QED) is 0.783. The molecule has 3 heteroatoms. The van der Waals surface area contributed by atoms with E-state index in [9.17, 15) is 0 Å². The molecule has 0 saturated heterocycles. The van der Waals surface area contributed by atoms with Crippen LogP contribution in [-0.4, -0.2) is 18.1 Å². The third-order valence-corrected chi connectivity index (χ3v) is 2.75. The summed E-state index contributed by atoms with van der Waals surface area (Å²) >= 11 is 0. The van der Waals surface area contributed by atoms with Gasteiger partial charge in [-0.2, -0.15) is 4.98 Å². The third kappa shape index (κ3) is 5.57. The SMILES string of the molecule is COc1cccc(NC(C)CCCC(C)C)n1. The molecule has 1 atom stereocenters. The highest BCUT2D eigenvalue weighted by Gasteiger charge is 2.04. The fraction of sp³-hybridized carbons (Fsp3) is 0.643. The topological polar surface area (TPSA) is 34.1 Å². The summed E-state index contributed by atoms with van der Waals surface area (Å²) in [5.41, 5.74) is 0. The lowest BCUT2D eigenvalue weighted by atomic mass is 10.0. The van der Waals surface area contributed by atoms with E-state index >= 15 is 0 Å². The average Bonchev–Trinajstić information content (AvgIpc) is 2.28. The van der Waals surface area contributed by atoms with Gasteiger partial charge in [0, 0.05) is 12.1 Å². The first kappa shape index (κ1) is 13.8. The molecule has 1 aromatic heterocycles. The van der Waals surface area contributed by atoms with Crippen molar-refractivity contribution in [2.45, 2.75) is 46.1 Å². The Hall–Kier alpha value is -1.25. The van der Waals surface area contributed by atoms with Crippen LogP contribution in [0.1, 0.15) is 40.0 Å². The number of nitrogens with one attached hydrogen (secondary N) is 1. The highest BCUT2D eigenvalue weighted by molar-refractivity contribution is 5.37. The number of hydrogen-bond donors (Lipinski definition) is 1. The Morgan fingerprint density at radius 1 is 1.24 bits per heavy atom. The minimum atomic E-state index is 0.452. The molecule has 1 heterocycles. The monoisotopic (exact) mass is 236 g/mol. The van der Waals surface area contributed by atoms with Crippen molar-refractivity contribution >= 4 is 5.82 Å². The van der Waals surface area contributed by atoms with Crippen molar-refractivity contribution in [3.05, 3.63) is 18.2 Å². The summed E-state index contributed by atoms with van der Waals surface area (Å²) in [6, 6.07) is 6.23. The van der Waals surface area contributed by atoms with Gasteiger partial charge in [0.15, 0.2) is 0 Å². The van der Waals surface area contributed by atoms with Gasteiger partial charge in [-0.15, -0.1) is 0 Å². The van der Waals surface area contributed by atoms with Crippen LogP contribution in [0.2, 0.25) is 0 Å². The Bertz CT molecular complexity index is 326. The summed E-state index contributed by atoms with van der Waals surface area (Å²) in [5, 5.41) is 3.40. The smallest absolute Gasteiger partial charge is 0.214 e. The molecule has 0 aliphatic rings. The molecule has 0 amide bonds. The third-order valence-electron chi connectivity index (χ3n) is 2.75. The number of aromatic nitrogens is 1. The van der Waals surface area contributed by atoms with Crippen LogP contribution in [0.25, 0.3) is 0 Å². The van der Waals surface area contributed by atoms with Gasteiger partial charge >= 0.3 is 0 Å². The molecule has 0 fully saturated rings. The number of rotatable bonds is 7. The van der Waals surface area contributed by atoms with Crippen molar-refractivity contribution in [2.75, 3.05) is 12.4 Å². The second kappa shape index (κ2) is 7.15. The summed E-state index contributed by atoms with van der Waals surface area (Å²) < 4.78 is 5.10. The van der Waals surface area contributed by atoms with E-state index in [4.69, 9.17) is 4.74 Å². The van der Waals surface area contributed by atoms with E-state index in [1.807, 2.05) is 18.2 Å². The maximum atomic E-state index is 5.10. The van der Waals surface area contributed by atoms with Crippen molar-refractivity contribution in [3.63, 3.8) is 0 Å². The van der Waals surface area contributed by atoms with Gasteiger partial charge < -0.3 is 10.1 Å². The van der Waals surface area contributed by atoms with Gasteiger partial charge in [0.1, 0.15) is 5.82 Å². The lowest BCUT2D eigenvalue weighted by molar-refractivity contribution is 0.398. The standard InChI is InChI=1S/C14H24N2O/c1-11(2)7-5-8-12(3)15-13-9-6-10-14(16-13)17-4/h6,9-12H,5,7-8H2,1-4H3,(H,15,16). The molecule has 0 aliphatic heterocycles. The number of ether oxygens (including phenoxy) is 1. The molecule has 0 spiro atoms. The summed E-state index contributed by atoms with van der Waals surface area (Å²) in [6.07, 6.45) is 3.73. The van der Waals surface area contributed by atoms with E-state index in [0.29, 0.717) is 11.9 Å². The molecule has 0 saturated carbocycles.